The van der Waals surface area contributed by atoms with E-state index in [1.54, 1.807) is 38.1 Å². The van der Waals surface area contributed by atoms with Gasteiger partial charge in [0.15, 0.2) is 0 Å². The van der Waals surface area contributed by atoms with Crippen molar-refractivity contribution in [3.05, 3.63) is 48.6 Å². The van der Waals surface area contributed by atoms with Crippen molar-refractivity contribution in [2.45, 2.75) is 13.8 Å². The quantitative estimate of drug-likeness (QED) is 0.540. The fraction of sp³-hybridized carbons (Fsp3) is 0.222. The minimum absolute atomic E-state index is 0.229. The van der Waals surface area contributed by atoms with Crippen molar-refractivity contribution < 1.29 is 28.7 Å². The topological polar surface area (TPSA) is 111 Å². The highest BCUT2D eigenvalue weighted by molar-refractivity contribution is 6.04. The van der Waals surface area contributed by atoms with Gasteiger partial charge in [0.05, 0.1) is 13.2 Å². The number of benzene rings is 1. The average Bonchev–Trinajstić information content (AvgIpc) is 2.60. The molecule has 0 unspecified atom stereocenters. The summed E-state index contributed by atoms with van der Waals surface area (Å²) in [6.07, 6.45) is 4.19. The van der Waals surface area contributed by atoms with E-state index in [9.17, 15) is 19.2 Å². The van der Waals surface area contributed by atoms with Crippen molar-refractivity contribution in [1.29, 1.82) is 0 Å². The molecule has 0 aliphatic rings. The molecule has 138 valence electrons. The molecule has 1 aromatic rings. The van der Waals surface area contributed by atoms with Crippen LogP contribution in [0.4, 0.5) is 11.4 Å². The van der Waals surface area contributed by atoms with Gasteiger partial charge in [0.1, 0.15) is 0 Å². The number of ether oxygens (including phenoxy) is 2. The minimum Gasteiger partial charge on any atom is -0.463 e. The molecule has 1 aromatic carbocycles. The molecule has 1 rings (SSSR count). The van der Waals surface area contributed by atoms with E-state index >= 15 is 0 Å². The largest absolute Gasteiger partial charge is 0.463 e. The lowest BCUT2D eigenvalue weighted by molar-refractivity contribution is -0.138. The molecule has 0 saturated carbocycles. The monoisotopic (exact) mass is 360 g/mol. The van der Waals surface area contributed by atoms with E-state index in [1.165, 1.54) is 0 Å². The van der Waals surface area contributed by atoms with E-state index in [4.69, 9.17) is 0 Å². The highest BCUT2D eigenvalue weighted by atomic mass is 16.5. The van der Waals surface area contributed by atoms with Gasteiger partial charge in [-0.15, -0.1) is 0 Å². The van der Waals surface area contributed by atoms with Crippen molar-refractivity contribution in [1.82, 2.24) is 0 Å². The smallest absolute Gasteiger partial charge is 0.330 e. The number of anilines is 2. The van der Waals surface area contributed by atoms with Crippen molar-refractivity contribution in [2.75, 3.05) is 23.8 Å². The van der Waals surface area contributed by atoms with Gasteiger partial charge in [-0.2, -0.15) is 0 Å². The third-order valence-electron chi connectivity index (χ3n) is 2.73. The lowest BCUT2D eigenvalue weighted by Crippen LogP contribution is -2.11. The third-order valence-corrected chi connectivity index (χ3v) is 2.73. The van der Waals surface area contributed by atoms with Crippen molar-refractivity contribution >= 4 is 35.1 Å². The molecule has 0 aromatic heterocycles. The Bertz CT molecular complexity index is 646. The maximum Gasteiger partial charge on any atom is 0.330 e. The zero-order valence-electron chi connectivity index (χ0n) is 14.5. The molecule has 0 atom stereocenters. The fourth-order valence-corrected chi connectivity index (χ4v) is 1.67. The Morgan fingerprint density at radius 2 is 1.08 bits per heavy atom. The predicted molar refractivity (Wildman–Crippen MR) is 95.2 cm³/mol. The highest BCUT2D eigenvalue weighted by Gasteiger charge is 2.03. The maximum absolute atomic E-state index is 11.7. The van der Waals surface area contributed by atoms with Gasteiger partial charge in [0, 0.05) is 35.7 Å². The first kappa shape index (κ1) is 20.6. The first-order valence-electron chi connectivity index (χ1n) is 7.86. The summed E-state index contributed by atoms with van der Waals surface area (Å²) < 4.78 is 9.33. The SMILES string of the molecule is CCOC(=O)/C=C\C(=O)Nc1ccc(NC(=O)/C=C\C(=O)OCC)cc1. The van der Waals surface area contributed by atoms with Gasteiger partial charge in [0.25, 0.3) is 0 Å². The van der Waals surface area contributed by atoms with Crippen LogP contribution in [0.1, 0.15) is 13.8 Å². The first-order valence-corrected chi connectivity index (χ1v) is 7.86. The Morgan fingerprint density at radius 1 is 0.731 bits per heavy atom. The second-order valence-electron chi connectivity index (χ2n) is 4.73. The lowest BCUT2D eigenvalue weighted by Gasteiger charge is -2.05. The van der Waals surface area contributed by atoms with Crippen LogP contribution >= 0.6 is 0 Å². The molecule has 0 saturated heterocycles. The van der Waals surface area contributed by atoms with E-state index in [2.05, 4.69) is 20.1 Å². The number of esters is 2. The van der Waals surface area contributed by atoms with Crippen molar-refractivity contribution in [2.24, 2.45) is 0 Å². The molecule has 0 radical (unpaired) electrons. The van der Waals surface area contributed by atoms with Gasteiger partial charge >= 0.3 is 11.9 Å². The summed E-state index contributed by atoms with van der Waals surface area (Å²) in [6, 6.07) is 6.28. The van der Waals surface area contributed by atoms with Gasteiger partial charge in [0.2, 0.25) is 11.8 Å². The maximum atomic E-state index is 11.7. The first-order chi connectivity index (χ1) is 12.4. The van der Waals surface area contributed by atoms with Crippen LogP contribution in [0, 0.1) is 0 Å². The Labute approximate surface area is 150 Å². The predicted octanol–water partition coefficient (Wildman–Crippen LogP) is 1.80. The molecule has 0 bridgehead atoms. The van der Waals surface area contributed by atoms with Gasteiger partial charge in [-0.3, -0.25) is 9.59 Å². The standard InChI is InChI=1S/C18H20N2O6/c1-3-25-17(23)11-9-15(21)19-13-5-7-14(8-6-13)20-16(22)10-12-18(24)26-4-2/h5-12H,3-4H2,1-2H3,(H,19,21)(H,20,22)/b11-9-,12-10-. The van der Waals surface area contributed by atoms with E-state index < -0.39 is 23.8 Å². The third kappa shape index (κ3) is 8.44. The van der Waals surface area contributed by atoms with Crippen LogP contribution in [0.2, 0.25) is 0 Å². The summed E-state index contributed by atoms with van der Waals surface area (Å²) in [6.45, 7) is 3.79. The zero-order chi connectivity index (χ0) is 19.4. The zero-order valence-corrected chi connectivity index (χ0v) is 14.5. The minimum atomic E-state index is -0.600. The van der Waals surface area contributed by atoms with Crippen LogP contribution in [-0.4, -0.2) is 37.0 Å². The van der Waals surface area contributed by atoms with E-state index in [-0.39, 0.29) is 13.2 Å². The molecule has 8 nitrogen and oxygen atoms in total. The van der Waals surface area contributed by atoms with Gasteiger partial charge in [-0.05, 0) is 38.1 Å². The average molecular weight is 360 g/mol. The molecule has 0 fully saturated rings. The van der Waals surface area contributed by atoms with Crippen LogP contribution in [0.5, 0.6) is 0 Å². The Balaban J connectivity index is 2.53. The Kier molecular flexibility index (Phi) is 8.88. The number of nitrogens with one attached hydrogen (secondary N) is 2. The molecule has 2 amide bonds. The summed E-state index contributed by atoms with van der Waals surface area (Å²) in [5, 5.41) is 5.11. The van der Waals surface area contributed by atoms with Crippen LogP contribution in [-0.2, 0) is 28.7 Å². The molecular weight excluding hydrogens is 340 g/mol. The highest BCUT2D eigenvalue weighted by Crippen LogP contribution is 2.13. The molecule has 8 heteroatoms. The summed E-state index contributed by atoms with van der Waals surface area (Å²) in [5.74, 6) is -2.19. The number of hydrogen-bond donors (Lipinski definition) is 2. The van der Waals surface area contributed by atoms with Crippen LogP contribution in [0.15, 0.2) is 48.6 Å². The lowest BCUT2D eigenvalue weighted by atomic mass is 10.2. The Morgan fingerprint density at radius 3 is 1.38 bits per heavy atom. The number of carbonyl (C=O) groups excluding carboxylic acids is 4. The summed E-state index contributed by atoms with van der Waals surface area (Å²) >= 11 is 0. The number of amides is 2. The molecule has 0 heterocycles. The van der Waals surface area contributed by atoms with Crippen molar-refractivity contribution in [3.8, 4) is 0 Å². The molecule has 2 N–H and O–H groups in total. The summed E-state index contributed by atoms with van der Waals surface area (Å²) in [4.78, 5) is 45.5. The Hall–Kier alpha value is -3.42. The van der Waals surface area contributed by atoms with Crippen LogP contribution in [0.25, 0.3) is 0 Å². The van der Waals surface area contributed by atoms with Crippen LogP contribution in [0.3, 0.4) is 0 Å². The number of rotatable bonds is 8. The number of carbonyl (C=O) groups is 4. The summed E-state index contributed by atoms with van der Waals surface area (Å²) in [7, 11) is 0. The van der Waals surface area contributed by atoms with Gasteiger partial charge in [-0.25, -0.2) is 9.59 Å². The molecule has 0 aliphatic carbocycles. The normalized spacial score (nSPS) is 10.5. The molecule has 0 spiro atoms. The van der Waals surface area contributed by atoms with E-state index in [0.717, 1.165) is 24.3 Å². The molecule has 26 heavy (non-hydrogen) atoms. The second kappa shape index (κ2) is 11.2. The van der Waals surface area contributed by atoms with E-state index in [1.807, 2.05) is 0 Å². The second-order valence-corrected chi connectivity index (χ2v) is 4.73. The molecule has 0 aliphatic heterocycles. The van der Waals surface area contributed by atoms with Crippen molar-refractivity contribution in [3.63, 3.8) is 0 Å². The summed E-state index contributed by atoms with van der Waals surface area (Å²) in [5.41, 5.74) is 0.951. The van der Waals surface area contributed by atoms with Crippen LogP contribution < -0.4 is 10.6 Å². The fourth-order valence-electron chi connectivity index (χ4n) is 1.67. The van der Waals surface area contributed by atoms with E-state index in [0.29, 0.717) is 11.4 Å². The van der Waals surface area contributed by atoms with Gasteiger partial charge in [-0.1, -0.05) is 0 Å². The van der Waals surface area contributed by atoms with Gasteiger partial charge < -0.3 is 20.1 Å². The number of hydrogen-bond acceptors (Lipinski definition) is 6. The molecular formula is C18H20N2O6.